The number of carbonyl (C=O) groups excluding carboxylic acids is 1. The highest BCUT2D eigenvalue weighted by molar-refractivity contribution is 7.89. The Bertz CT molecular complexity index is 662. The zero-order chi connectivity index (χ0) is 16.2. The van der Waals surface area contributed by atoms with Crippen molar-refractivity contribution in [3.63, 3.8) is 0 Å². The standard InChI is InChI=1S/C11H14FN3O5S/c1-13-11(16)5-6-14(2)21(19,20)8-3-4-10(15(17)18)9(12)7-8/h3-4,7H,5-6H2,1-2H3,(H,13,16). The van der Waals surface area contributed by atoms with Crippen LogP contribution in [-0.4, -0.2) is 44.2 Å². The molecule has 1 aromatic carbocycles. The number of hydrogen-bond donors (Lipinski definition) is 1. The van der Waals surface area contributed by atoms with E-state index in [0.29, 0.717) is 6.07 Å². The first-order chi connectivity index (χ1) is 9.70. The Balaban J connectivity index is 3.00. The molecule has 8 nitrogen and oxygen atoms in total. The van der Waals surface area contributed by atoms with Crippen molar-refractivity contribution in [3.05, 3.63) is 34.1 Å². The van der Waals surface area contributed by atoms with E-state index in [-0.39, 0.29) is 18.9 Å². The van der Waals surface area contributed by atoms with Crippen LogP contribution < -0.4 is 5.32 Å². The molecular weight excluding hydrogens is 305 g/mol. The molecule has 0 atom stereocenters. The molecule has 0 aromatic heterocycles. The molecule has 1 N–H and O–H groups in total. The van der Waals surface area contributed by atoms with Gasteiger partial charge in [-0.3, -0.25) is 14.9 Å². The van der Waals surface area contributed by atoms with Crippen molar-refractivity contribution in [3.8, 4) is 0 Å². The Kier molecular flexibility index (Phi) is 5.33. The largest absolute Gasteiger partial charge is 0.359 e. The second kappa shape index (κ2) is 6.59. The van der Waals surface area contributed by atoms with Gasteiger partial charge in [0.05, 0.1) is 9.82 Å². The van der Waals surface area contributed by atoms with Gasteiger partial charge in [-0.25, -0.2) is 12.7 Å². The molecule has 1 rings (SSSR count). The van der Waals surface area contributed by atoms with E-state index in [1.54, 1.807) is 0 Å². The fourth-order valence-corrected chi connectivity index (χ4v) is 2.66. The van der Waals surface area contributed by atoms with Crippen molar-refractivity contribution in [2.45, 2.75) is 11.3 Å². The number of benzene rings is 1. The van der Waals surface area contributed by atoms with Gasteiger partial charge in [-0.15, -0.1) is 0 Å². The lowest BCUT2D eigenvalue weighted by Gasteiger charge is -2.16. The van der Waals surface area contributed by atoms with Crippen LogP contribution in [0.25, 0.3) is 0 Å². The number of rotatable bonds is 6. The van der Waals surface area contributed by atoms with E-state index >= 15 is 0 Å². The van der Waals surface area contributed by atoms with E-state index in [1.165, 1.54) is 14.1 Å². The van der Waals surface area contributed by atoms with E-state index in [2.05, 4.69) is 5.32 Å². The monoisotopic (exact) mass is 319 g/mol. The highest BCUT2D eigenvalue weighted by atomic mass is 32.2. The van der Waals surface area contributed by atoms with Crippen LogP contribution in [0.4, 0.5) is 10.1 Å². The lowest BCUT2D eigenvalue weighted by atomic mass is 10.3. The highest BCUT2D eigenvalue weighted by Crippen LogP contribution is 2.22. The molecule has 0 spiro atoms. The normalized spacial score (nSPS) is 11.4. The number of carbonyl (C=O) groups is 1. The van der Waals surface area contributed by atoms with Gasteiger partial charge in [0, 0.05) is 39.2 Å². The minimum absolute atomic E-state index is 0.0539. The van der Waals surface area contributed by atoms with Crippen LogP contribution in [0, 0.1) is 15.9 Å². The number of halogens is 1. The van der Waals surface area contributed by atoms with Crippen LogP contribution in [-0.2, 0) is 14.8 Å². The molecule has 0 saturated heterocycles. The number of sulfonamides is 1. The Morgan fingerprint density at radius 2 is 2.10 bits per heavy atom. The Hall–Kier alpha value is -2.07. The third-order valence-electron chi connectivity index (χ3n) is 2.76. The molecule has 0 bridgehead atoms. The average molecular weight is 319 g/mol. The second-order valence-electron chi connectivity index (χ2n) is 4.12. The zero-order valence-electron chi connectivity index (χ0n) is 11.4. The molecule has 0 radical (unpaired) electrons. The summed E-state index contributed by atoms with van der Waals surface area (Å²) >= 11 is 0. The number of amides is 1. The molecule has 0 aliphatic rings. The van der Waals surface area contributed by atoms with E-state index < -0.39 is 31.3 Å². The topological polar surface area (TPSA) is 110 Å². The number of nitro benzene ring substituents is 1. The molecule has 0 fully saturated rings. The molecule has 0 aliphatic carbocycles. The van der Waals surface area contributed by atoms with Gasteiger partial charge in [0.1, 0.15) is 0 Å². The maximum Gasteiger partial charge on any atom is 0.304 e. The molecule has 0 heterocycles. The lowest BCUT2D eigenvalue weighted by molar-refractivity contribution is -0.387. The predicted octanol–water partition coefficient (Wildman–Crippen LogP) is 0.491. The first kappa shape index (κ1) is 17.0. The van der Waals surface area contributed by atoms with Crippen molar-refractivity contribution in [1.82, 2.24) is 9.62 Å². The number of nitrogens with zero attached hydrogens (tertiary/aromatic N) is 2. The van der Waals surface area contributed by atoms with Gasteiger partial charge in [0.2, 0.25) is 21.7 Å². The minimum atomic E-state index is -4.02. The van der Waals surface area contributed by atoms with Crippen LogP contribution in [0.15, 0.2) is 23.1 Å². The molecular formula is C11H14FN3O5S. The molecule has 0 aliphatic heterocycles. The maximum absolute atomic E-state index is 13.5. The van der Waals surface area contributed by atoms with Crippen molar-refractivity contribution in [2.75, 3.05) is 20.6 Å². The summed E-state index contributed by atoms with van der Waals surface area (Å²) in [6.45, 7) is -0.0966. The minimum Gasteiger partial charge on any atom is -0.359 e. The molecule has 21 heavy (non-hydrogen) atoms. The van der Waals surface area contributed by atoms with Gasteiger partial charge < -0.3 is 5.32 Å². The molecule has 10 heteroatoms. The van der Waals surface area contributed by atoms with E-state index in [1.807, 2.05) is 0 Å². The second-order valence-corrected chi connectivity index (χ2v) is 6.16. The summed E-state index contributed by atoms with van der Waals surface area (Å²) in [4.78, 5) is 20.2. The highest BCUT2D eigenvalue weighted by Gasteiger charge is 2.24. The van der Waals surface area contributed by atoms with Crippen molar-refractivity contribution >= 4 is 21.6 Å². The summed E-state index contributed by atoms with van der Waals surface area (Å²) in [7, 11) is -1.36. The molecule has 116 valence electrons. The Labute approximate surface area is 120 Å². The van der Waals surface area contributed by atoms with E-state index in [0.717, 1.165) is 16.4 Å². The number of nitrogens with one attached hydrogen (secondary N) is 1. The molecule has 0 saturated carbocycles. The summed E-state index contributed by atoms with van der Waals surface area (Å²) in [6, 6.07) is 2.33. The van der Waals surface area contributed by atoms with Gasteiger partial charge in [0.25, 0.3) is 0 Å². The predicted molar refractivity (Wildman–Crippen MR) is 71.6 cm³/mol. The average Bonchev–Trinajstić information content (AvgIpc) is 2.43. The smallest absolute Gasteiger partial charge is 0.304 e. The number of hydrogen-bond acceptors (Lipinski definition) is 5. The number of nitro groups is 1. The molecule has 1 amide bonds. The van der Waals surface area contributed by atoms with Gasteiger partial charge in [0.15, 0.2) is 0 Å². The Morgan fingerprint density at radius 3 is 2.57 bits per heavy atom. The molecule has 1 aromatic rings. The maximum atomic E-state index is 13.5. The van der Waals surface area contributed by atoms with Gasteiger partial charge in [-0.2, -0.15) is 4.39 Å². The molecule has 0 unspecified atom stereocenters. The fraction of sp³-hybridized carbons (Fsp3) is 0.364. The van der Waals surface area contributed by atoms with Crippen LogP contribution in [0.2, 0.25) is 0 Å². The van der Waals surface area contributed by atoms with Crippen molar-refractivity contribution in [1.29, 1.82) is 0 Å². The van der Waals surface area contributed by atoms with Gasteiger partial charge in [-0.05, 0) is 6.07 Å². The van der Waals surface area contributed by atoms with Crippen LogP contribution >= 0.6 is 0 Å². The summed E-state index contributed by atoms with van der Waals surface area (Å²) < 4.78 is 38.6. The quantitative estimate of drug-likeness (QED) is 0.606. The van der Waals surface area contributed by atoms with Crippen molar-refractivity contribution in [2.24, 2.45) is 0 Å². The van der Waals surface area contributed by atoms with Gasteiger partial charge in [-0.1, -0.05) is 0 Å². The summed E-state index contributed by atoms with van der Waals surface area (Å²) in [6.07, 6.45) is -0.0539. The first-order valence-electron chi connectivity index (χ1n) is 5.81. The van der Waals surface area contributed by atoms with E-state index in [9.17, 15) is 27.7 Å². The zero-order valence-corrected chi connectivity index (χ0v) is 12.2. The van der Waals surface area contributed by atoms with Crippen molar-refractivity contribution < 1.29 is 22.5 Å². The third kappa shape index (κ3) is 3.95. The summed E-state index contributed by atoms with van der Waals surface area (Å²) in [5.41, 5.74) is -0.804. The van der Waals surface area contributed by atoms with Crippen LogP contribution in [0.5, 0.6) is 0 Å². The van der Waals surface area contributed by atoms with Crippen LogP contribution in [0.1, 0.15) is 6.42 Å². The van der Waals surface area contributed by atoms with Crippen LogP contribution in [0.3, 0.4) is 0 Å². The van der Waals surface area contributed by atoms with E-state index in [4.69, 9.17) is 0 Å². The summed E-state index contributed by atoms with van der Waals surface area (Å²) in [5, 5.41) is 12.8. The third-order valence-corrected chi connectivity index (χ3v) is 4.61. The lowest BCUT2D eigenvalue weighted by Crippen LogP contribution is -2.31. The first-order valence-corrected chi connectivity index (χ1v) is 7.25. The summed E-state index contributed by atoms with van der Waals surface area (Å²) in [5.74, 6) is -1.58. The van der Waals surface area contributed by atoms with Gasteiger partial charge >= 0.3 is 5.69 Å². The Morgan fingerprint density at radius 1 is 1.48 bits per heavy atom. The fourth-order valence-electron chi connectivity index (χ4n) is 1.48. The SMILES string of the molecule is CNC(=O)CCN(C)S(=O)(=O)c1ccc([N+](=O)[O-])c(F)c1.